The van der Waals surface area contributed by atoms with Crippen LogP contribution in [0.25, 0.3) is 6.08 Å². The van der Waals surface area contributed by atoms with Crippen LogP contribution in [-0.4, -0.2) is 52.1 Å². The Balaban J connectivity index is 1.67. The molecule has 0 spiro atoms. The molecular weight excluding hydrogens is 432 g/mol. The minimum Gasteiger partial charge on any atom is -0.480 e. The fourth-order valence-corrected chi connectivity index (χ4v) is 4.72. The normalized spacial score (nSPS) is 21.5. The van der Waals surface area contributed by atoms with Gasteiger partial charge in [-0.3, -0.25) is 14.5 Å². The molecule has 0 aromatic heterocycles. The zero-order valence-electron chi connectivity index (χ0n) is 17.5. The molecule has 2 unspecified atom stereocenters. The summed E-state index contributed by atoms with van der Waals surface area (Å²) in [6.07, 6.45) is 11.4. The summed E-state index contributed by atoms with van der Waals surface area (Å²) < 4.78 is 6.05. The molecule has 1 aromatic rings. The number of carbonyl (C=O) groups is 2. The van der Waals surface area contributed by atoms with Crippen LogP contribution < -0.4 is 4.90 Å². The summed E-state index contributed by atoms with van der Waals surface area (Å²) in [4.78, 5) is 26.9. The van der Waals surface area contributed by atoms with Crippen LogP contribution in [0.15, 0.2) is 66.2 Å². The van der Waals surface area contributed by atoms with Crippen molar-refractivity contribution in [2.75, 3.05) is 25.5 Å². The van der Waals surface area contributed by atoms with E-state index in [0.29, 0.717) is 15.8 Å². The van der Waals surface area contributed by atoms with Gasteiger partial charge in [0.25, 0.3) is 0 Å². The van der Waals surface area contributed by atoms with Crippen molar-refractivity contribution < 1.29 is 19.4 Å². The monoisotopic (exact) mass is 456 g/mol. The minimum atomic E-state index is -1.09. The Kier molecular flexibility index (Phi) is 7.35. The van der Waals surface area contributed by atoms with Crippen LogP contribution in [0.4, 0.5) is 5.69 Å². The average molecular weight is 457 g/mol. The van der Waals surface area contributed by atoms with Crippen LogP contribution in [0.2, 0.25) is 0 Å². The smallest absolute Gasteiger partial charge is 0.323 e. The predicted molar refractivity (Wildman–Crippen MR) is 129 cm³/mol. The number of amides is 1. The van der Waals surface area contributed by atoms with Crippen LogP contribution in [0.3, 0.4) is 0 Å². The lowest BCUT2D eigenvalue weighted by Gasteiger charge is -2.21. The van der Waals surface area contributed by atoms with Crippen molar-refractivity contribution in [2.45, 2.75) is 12.2 Å². The molecular formula is C23H24N2O4S2. The first-order chi connectivity index (χ1) is 14.7. The third kappa shape index (κ3) is 5.86. The number of thiocarbonyl (C=S) groups is 1. The molecule has 31 heavy (non-hydrogen) atoms. The van der Waals surface area contributed by atoms with Crippen molar-refractivity contribution in [3.8, 4) is 0 Å². The van der Waals surface area contributed by atoms with Crippen molar-refractivity contribution in [1.29, 1.82) is 0 Å². The molecule has 2 aliphatic rings. The van der Waals surface area contributed by atoms with Gasteiger partial charge in [0, 0.05) is 25.7 Å². The van der Waals surface area contributed by atoms with Crippen molar-refractivity contribution >= 4 is 51.9 Å². The summed E-state index contributed by atoms with van der Waals surface area (Å²) in [7, 11) is 4.01. The Morgan fingerprint density at radius 1 is 1.23 bits per heavy atom. The van der Waals surface area contributed by atoms with Crippen molar-refractivity contribution in [2.24, 2.45) is 5.92 Å². The number of nitrogens with zero attached hydrogens (tertiary/aromatic N) is 2. The van der Waals surface area contributed by atoms with E-state index in [9.17, 15) is 9.59 Å². The molecule has 2 atom stereocenters. The number of thioether (sulfide) groups is 1. The van der Waals surface area contributed by atoms with Gasteiger partial charge >= 0.3 is 5.97 Å². The average Bonchev–Trinajstić information content (AvgIpc) is 2.99. The summed E-state index contributed by atoms with van der Waals surface area (Å²) in [6.45, 7) is 1.41. The Labute approximate surface area is 191 Å². The molecule has 8 heteroatoms. The van der Waals surface area contributed by atoms with E-state index in [-0.39, 0.29) is 11.8 Å². The second kappa shape index (κ2) is 9.98. The number of hydrogen-bond donors (Lipinski definition) is 1. The minimum absolute atomic E-state index is 0.231. The molecule has 3 rings (SSSR count). The van der Waals surface area contributed by atoms with Gasteiger partial charge in [-0.2, -0.15) is 0 Å². The standard InChI is InChI=1S/C23H24N2O4S2/c1-15-12-17(21-22(28)25(14-20(26)27)23(30)31-21)13-19(29-15)7-5-4-6-16-8-10-18(11-9-16)24(2)3/h4-13,17,21H,14H2,1-3H3,(H,26,27)/b6-4+,7-5+. The zero-order chi connectivity index (χ0) is 22.5. The summed E-state index contributed by atoms with van der Waals surface area (Å²) >= 11 is 6.42. The molecule has 1 saturated heterocycles. The van der Waals surface area contributed by atoms with Crippen molar-refractivity contribution in [3.05, 3.63) is 71.7 Å². The van der Waals surface area contributed by atoms with E-state index in [1.807, 2.05) is 74.5 Å². The van der Waals surface area contributed by atoms with Gasteiger partial charge < -0.3 is 14.7 Å². The lowest BCUT2D eigenvalue weighted by Crippen LogP contribution is -2.37. The van der Waals surface area contributed by atoms with Gasteiger partial charge in [0.05, 0.1) is 5.76 Å². The first-order valence-electron chi connectivity index (χ1n) is 9.68. The van der Waals surface area contributed by atoms with Crippen LogP contribution in [0, 0.1) is 5.92 Å². The number of hydrogen-bond acceptors (Lipinski definition) is 6. The van der Waals surface area contributed by atoms with Gasteiger partial charge in [0.15, 0.2) is 0 Å². The SMILES string of the molecule is CC1=CC(C2SC(=S)N(CC(=O)O)C2=O)C=C(/C=C/C=C/c2ccc(N(C)C)cc2)O1. The molecule has 0 aliphatic carbocycles. The topological polar surface area (TPSA) is 70.1 Å². The first kappa shape index (κ1) is 22.8. The van der Waals surface area contributed by atoms with Gasteiger partial charge in [0.2, 0.25) is 5.91 Å². The van der Waals surface area contributed by atoms with Crippen molar-refractivity contribution in [3.63, 3.8) is 0 Å². The maximum absolute atomic E-state index is 12.7. The Morgan fingerprint density at radius 3 is 2.55 bits per heavy atom. The Morgan fingerprint density at radius 2 is 1.90 bits per heavy atom. The number of carbonyl (C=O) groups excluding carboxylic acids is 1. The molecule has 1 amide bonds. The van der Waals surface area contributed by atoms with E-state index >= 15 is 0 Å². The maximum Gasteiger partial charge on any atom is 0.323 e. The molecule has 1 N–H and O–H groups in total. The summed E-state index contributed by atoms with van der Waals surface area (Å²) in [6, 6.07) is 8.22. The van der Waals surface area contributed by atoms with E-state index in [1.54, 1.807) is 0 Å². The maximum atomic E-state index is 12.7. The van der Waals surface area contributed by atoms with Crippen molar-refractivity contribution in [1.82, 2.24) is 4.90 Å². The number of carboxylic acid groups (broad SMARTS) is 1. The molecule has 6 nitrogen and oxygen atoms in total. The summed E-state index contributed by atoms with van der Waals surface area (Å²) in [5.74, 6) is -0.280. The molecule has 0 saturated carbocycles. The van der Waals surface area contributed by atoms with Gasteiger partial charge in [-0.05, 0) is 42.8 Å². The van der Waals surface area contributed by atoms with Crippen LogP contribution >= 0.6 is 24.0 Å². The number of benzene rings is 1. The molecule has 1 aromatic carbocycles. The van der Waals surface area contributed by atoms with Gasteiger partial charge in [0.1, 0.15) is 21.9 Å². The number of ether oxygens (including phenoxy) is 1. The largest absolute Gasteiger partial charge is 0.480 e. The van der Waals surface area contributed by atoms with Gasteiger partial charge in [-0.15, -0.1) is 0 Å². The van der Waals surface area contributed by atoms with E-state index in [0.717, 1.165) is 16.2 Å². The summed E-state index contributed by atoms with van der Waals surface area (Å²) in [5, 5.41) is 8.52. The van der Waals surface area contributed by atoms with Crippen LogP contribution in [-0.2, 0) is 14.3 Å². The molecule has 0 radical (unpaired) electrons. The predicted octanol–water partition coefficient (Wildman–Crippen LogP) is 4.07. The number of aliphatic carboxylic acids is 1. The third-order valence-corrected chi connectivity index (χ3v) is 6.43. The number of rotatable bonds is 7. The first-order valence-corrected chi connectivity index (χ1v) is 11.0. The number of carboxylic acids is 1. The number of allylic oxidation sites excluding steroid dienone is 6. The van der Waals surface area contributed by atoms with Gasteiger partial charge in [-0.1, -0.05) is 54.3 Å². The van der Waals surface area contributed by atoms with Gasteiger partial charge in [-0.25, -0.2) is 0 Å². The number of anilines is 1. The highest BCUT2D eigenvalue weighted by Gasteiger charge is 2.42. The summed E-state index contributed by atoms with van der Waals surface area (Å²) in [5.41, 5.74) is 2.23. The fourth-order valence-electron chi connectivity index (χ4n) is 3.21. The van der Waals surface area contributed by atoms with Crippen LogP contribution in [0.5, 0.6) is 0 Å². The Bertz CT molecular complexity index is 993. The second-order valence-electron chi connectivity index (χ2n) is 7.35. The highest BCUT2D eigenvalue weighted by atomic mass is 32.2. The molecule has 2 aliphatic heterocycles. The second-order valence-corrected chi connectivity index (χ2v) is 9.13. The molecule has 2 heterocycles. The zero-order valence-corrected chi connectivity index (χ0v) is 19.2. The third-order valence-electron chi connectivity index (χ3n) is 4.73. The van der Waals surface area contributed by atoms with E-state index in [4.69, 9.17) is 22.1 Å². The molecule has 0 bridgehead atoms. The molecule has 1 fully saturated rings. The molecule has 162 valence electrons. The lowest BCUT2D eigenvalue weighted by atomic mass is 10.00. The van der Waals surface area contributed by atoms with Crippen LogP contribution in [0.1, 0.15) is 12.5 Å². The highest BCUT2D eigenvalue weighted by Crippen LogP contribution is 2.36. The lowest BCUT2D eigenvalue weighted by molar-refractivity contribution is -0.141. The quantitative estimate of drug-likeness (QED) is 0.490. The fraction of sp³-hybridized carbons (Fsp3) is 0.261. The highest BCUT2D eigenvalue weighted by molar-refractivity contribution is 8.24. The Hall–Kier alpha value is -2.84. The van der Waals surface area contributed by atoms with E-state index in [2.05, 4.69) is 12.1 Å². The van der Waals surface area contributed by atoms with E-state index < -0.39 is 17.8 Å². The van der Waals surface area contributed by atoms with E-state index in [1.165, 1.54) is 11.8 Å².